The molecular weight excluding hydrogens is 294 g/mol. The second-order valence-corrected chi connectivity index (χ2v) is 5.24. The number of aryl methyl sites for hydroxylation is 1. The van der Waals surface area contributed by atoms with Gasteiger partial charge < -0.3 is 14.8 Å². The van der Waals surface area contributed by atoms with Crippen molar-refractivity contribution in [2.45, 2.75) is 13.3 Å². The van der Waals surface area contributed by atoms with Crippen molar-refractivity contribution < 1.29 is 14.7 Å². The highest BCUT2D eigenvalue weighted by Crippen LogP contribution is 2.13. The van der Waals surface area contributed by atoms with E-state index in [1.54, 1.807) is 30.5 Å². The first kappa shape index (κ1) is 14.8. The zero-order valence-corrected chi connectivity index (χ0v) is 12.5. The summed E-state index contributed by atoms with van der Waals surface area (Å²) < 4.78 is 1.85. The van der Waals surface area contributed by atoms with Crippen LogP contribution in [0, 0.1) is 6.92 Å². The third-order valence-electron chi connectivity index (χ3n) is 3.50. The molecule has 3 aromatic rings. The first-order valence-electron chi connectivity index (χ1n) is 7.10. The molecule has 0 saturated heterocycles. The molecule has 1 aromatic carbocycles. The van der Waals surface area contributed by atoms with E-state index in [2.05, 4.69) is 10.3 Å². The summed E-state index contributed by atoms with van der Waals surface area (Å²) in [5.74, 6) is -1.19. The number of aliphatic carboxylic acids is 1. The molecule has 6 nitrogen and oxygen atoms in total. The molecular formula is C17H15N3O3. The number of pyridine rings is 1. The summed E-state index contributed by atoms with van der Waals surface area (Å²) in [6.07, 6.45) is 1.65. The Bertz CT molecular complexity index is 882. The van der Waals surface area contributed by atoms with Crippen LogP contribution < -0.4 is 5.32 Å². The molecule has 0 aliphatic rings. The lowest BCUT2D eigenvalue weighted by Gasteiger charge is -2.04. The molecule has 1 amide bonds. The van der Waals surface area contributed by atoms with Crippen molar-refractivity contribution >= 4 is 23.2 Å². The van der Waals surface area contributed by atoms with Gasteiger partial charge >= 0.3 is 5.97 Å². The zero-order chi connectivity index (χ0) is 16.4. The average molecular weight is 309 g/mol. The van der Waals surface area contributed by atoms with Gasteiger partial charge in [-0.1, -0.05) is 18.2 Å². The lowest BCUT2D eigenvalue weighted by molar-refractivity contribution is -0.136. The number of nitrogens with zero attached hydrogens (tertiary/aromatic N) is 2. The number of rotatable bonds is 4. The molecule has 0 bridgehead atoms. The lowest BCUT2D eigenvalue weighted by atomic mass is 10.1. The lowest BCUT2D eigenvalue weighted by Crippen LogP contribution is -2.12. The molecule has 0 aliphatic heterocycles. The van der Waals surface area contributed by atoms with Gasteiger partial charge in [-0.25, -0.2) is 4.98 Å². The van der Waals surface area contributed by atoms with Crippen LogP contribution in [0.1, 0.15) is 21.7 Å². The predicted molar refractivity (Wildman–Crippen MR) is 85.7 cm³/mol. The fourth-order valence-corrected chi connectivity index (χ4v) is 2.33. The number of carbonyl (C=O) groups excluding carboxylic acids is 1. The van der Waals surface area contributed by atoms with Crippen LogP contribution >= 0.6 is 0 Å². The van der Waals surface area contributed by atoms with E-state index in [4.69, 9.17) is 5.11 Å². The normalized spacial score (nSPS) is 10.7. The van der Waals surface area contributed by atoms with Gasteiger partial charge in [-0.2, -0.15) is 0 Å². The highest BCUT2D eigenvalue weighted by Gasteiger charge is 2.12. The summed E-state index contributed by atoms with van der Waals surface area (Å²) >= 11 is 0. The third-order valence-corrected chi connectivity index (χ3v) is 3.50. The summed E-state index contributed by atoms with van der Waals surface area (Å²) in [7, 11) is 0. The quantitative estimate of drug-likeness (QED) is 0.775. The van der Waals surface area contributed by atoms with E-state index in [0.717, 1.165) is 5.69 Å². The van der Waals surface area contributed by atoms with Gasteiger partial charge in [0.15, 0.2) is 0 Å². The van der Waals surface area contributed by atoms with Crippen LogP contribution in [0.25, 0.3) is 5.65 Å². The molecule has 6 heteroatoms. The fourth-order valence-electron chi connectivity index (χ4n) is 2.33. The zero-order valence-electron chi connectivity index (χ0n) is 12.5. The van der Waals surface area contributed by atoms with E-state index in [9.17, 15) is 9.59 Å². The number of carboxylic acids is 1. The van der Waals surface area contributed by atoms with Crippen molar-refractivity contribution in [3.63, 3.8) is 0 Å². The topological polar surface area (TPSA) is 83.7 Å². The Morgan fingerprint density at radius 1 is 1.17 bits per heavy atom. The van der Waals surface area contributed by atoms with Gasteiger partial charge in [0.1, 0.15) is 11.3 Å². The van der Waals surface area contributed by atoms with Gasteiger partial charge in [0.05, 0.1) is 6.42 Å². The number of amides is 1. The predicted octanol–water partition coefficient (Wildman–Crippen LogP) is 2.52. The van der Waals surface area contributed by atoms with Crippen LogP contribution in [0.3, 0.4) is 0 Å². The van der Waals surface area contributed by atoms with Crippen molar-refractivity contribution in [3.05, 3.63) is 65.6 Å². The second kappa shape index (κ2) is 5.92. The fraction of sp³-hybridized carbons (Fsp3) is 0.118. The molecule has 0 spiro atoms. The number of benzene rings is 1. The summed E-state index contributed by atoms with van der Waals surface area (Å²) in [5.41, 5.74) is 3.31. The molecule has 2 N–H and O–H groups in total. The number of fused-ring (bicyclic) bond motifs is 1. The van der Waals surface area contributed by atoms with Gasteiger partial charge in [0.2, 0.25) is 0 Å². The Morgan fingerprint density at radius 3 is 2.57 bits per heavy atom. The molecule has 0 radical (unpaired) electrons. The van der Waals surface area contributed by atoms with E-state index in [1.165, 1.54) is 0 Å². The maximum absolute atomic E-state index is 12.3. The molecule has 2 heterocycles. The smallest absolute Gasteiger partial charge is 0.307 e. The third kappa shape index (κ3) is 3.21. The van der Waals surface area contributed by atoms with Crippen molar-refractivity contribution in [2.24, 2.45) is 0 Å². The number of carbonyl (C=O) groups is 2. The Hall–Kier alpha value is -3.15. The number of hydrogen-bond acceptors (Lipinski definition) is 3. The van der Waals surface area contributed by atoms with Crippen LogP contribution in [-0.2, 0) is 11.2 Å². The van der Waals surface area contributed by atoms with E-state index in [1.807, 2.05) is 29.5 Å². The Morgan fingerprint density at radius 2 is 1.91 bits per heavy atom. The second-order valence-electron chi connectivity index (χ2n) is 5.24. The molecule has 0 saturated carbocycles. The van der Waals surface area contributed by atoms with Gasteiger partial charge in [-0.15, -0.1) is 0 Å². The molecule has 2 aromatic heterocycles. The number of anilines is 1. The summed E-state index contributed by atoms with van der Waals surface area (Å²) in [6, 6.07) is 12.4. The monoisotopic (exact) mass is 309 g/mol. The summed E-state index contributed by atoms with van der Waals surface area (Å²) in [5, 5.41) is 11.5. The minimum atomic E-state index is -0.887. The standard InChI is InChI=1S/C17H15N3O3/c1-11-3-2-4-15-19-14(10-20(11)15)17(23)18-13-7-5-12(6-8-13)9-16(21)22/h2-8,10H,9H2,1H3,(H,18,23)(H,21,22). The highest BCUT2D eigenvalue weighted by atomic mass is 16.4. The van der Waals surface area contributed by atoms with Crippen molar-refractivity contribution in [3.8, 4) is 0 Å². The molecule has 0 aliphatic carbocycles. The summed E-state index contributed by atoms with van der Waals surface area (Å²) in [4.78, 5) is 27.2. The maximum Gasteiger partial charge on any atom is 0.307 e. The Kier molecular flexibility index (Phi) is 3.80. The number of hydrogen-bond donors (Lipinski definition) is 2. The molecule has 0 fully saturated rings. The van der Waals surface area contributed by atoms with Gasteiger partial charge in [-0.3, -0.25) is 9.59 Å². The maximum atomic E-state index is 12.3. The molecule has 0 unspecified atom stereocenters. The van der Waals surface area contributed by atoms with Crippen molar-refractivity contribution in [1.29, 1.82) is 0 Å². The number of carboxylic acid groups (broad SMARTS) is 1. The van der Waals surface area contributed by atoms with Crippen molar-refractivity contribution in [1.82, 2.24) is 9.38 Å². The molecule has 23 heavy (non-hydrogen) atoms. The first-order chi connectivity index (χ1) is 11.0. The van der Waals surface area contributed by atoms with E-state index < -0.39 is 5.97 Å². The largest absolute Gasteiger partial charge is 0.481 e. The van der Waals surface area contributed by atoms with Crippen LogP contribution in [0.5, 0.6) is 0 Å². The van der Waals surface area contributed by atoms with E-state index in [0.29, 0.717) is 22.6 Å². The van der Waals surface area contributed by atoms with Crippen LogP contribution in [-0.4, -0.2) is 26.4 Å². The van der Waals surface area contributed by atoms with Crippen LogP contribution in [0.15, 0.2) is 48.7 Å². The van der Waals surface area contributed by atoms with E-state index >= 15 is 0 Å². The number of nitrogens with one attached hydrogen (secondary N) is 1. The Balaban J connectivity index is 1.77. The van der Waals surface area contributed by atoms with Gasteiger partial charge in [0, 0.05) is 17.6 Å². The minimum Gasteiger partial charge on any atom is -0.481 e. The Labute approximate surface area is 132 Å². The molecule has 3 rings (SSSR count). The summed E-state index contributed by atoms with van der Waals surface area (Å²) in [6.45, 7) is 1.94. The number of imidazole rings is 1. The first-order valence-corrected chi connectivity index (χ1v) is 7.10. The number of aromatic nitrogens is 2. The molecule has 0 atom stereocenters. The molecule has 116 valence electrons. The SMILES string of the molecule is Cc1cccc2nc(C(=O)Nc3ccc(CC(=O)O)cc3)cn12. The van der Waals surface area contributed by atoms with Crippen LogP contribution in [0.2, 0.25) is 0 Å². The minimum absolute atomic E-state index is 0.0417. The average Bonchev–Trinajstić information content (AvgIpc) is 2.94. The van der Waals surface area contributed by atoms with E-state index in [-0.39, 0.29) is 12.3 Å². The highest BCUT2D eigenvalue weighted by molar-refractivity contribution is 6.03. The van der Waals surface area contributed by atoms with Crippen molar-refractivity contribution in [2.75, 3.05) is 5.32 Å². The van der Waals surface area contributed by atoms with Gasteiger partial charge in [-0.05, 0) is 36.8 Å². The van der Waals surface area contributed by atoms with Gasteiger partial charge in [0.25, 0.3) is 5.91 Å². The van der Waals surface area contributed by atoms with Crippen LogP contribution in [0.4, 0.5) is 5.69 Å².